The highest BCUT2D eigenvalue weighted by Gasteiger charge is 1.83. The first kappa shape index (κ1) is 8.75. The Balaban J connectivity index is 2.82. The second-order valence-electron chi connectivity index (χ2n) is 1.47. The van der Waals surface area contributed by atoms with Crippen LogP contribution in [0.3, 0.4) is 0 Å². The van der Waals surface area contributed by atoms with E-state index in [0.717, 1.165) is 12.8 Å². The van der Waals surface area contributed by atoms with Crippen LogP contribution in [0, 0.1) is 0 Å². The molecule has 0 N–H and O–H groups in total. The van der Waals surface area contributed by atoms with E-state index in [1.165, 1.54) is 0 Å². The van der Waals surface area contributed by atoms with Gasteiger partial charge in [0.2, 0.25) is 0 Å². The van der Waals surface area contributed by atoms with Crippen molar-refractivity contribution >= 4 is 16.3 Å². The van der Waals surface area contributed by atoms with Crippen LogP contribution in [0.5, 0.6) is 0 Å². The van der Waals surface area contributed by atoms with Gasteiger partial charge < -0.3 is 3.83 Å². The van der Waals surface area contributed by atoms with Gasteiger partial charge in [-0.3, -0.25) is 0 Å². The minimum absolute atomic E-state index is 0.562. The van der Waals surface area contributed by atoms with Gasteiger partial charge in [-0.2, -0.15) is 0 Å². The minimum Gasteiger partial charge on any atom is -0.308 e. The van der Waals surface area contributed by atoms with Crippen molar-refractivity contribution in [3.63, 3.8) is 0 Å². The summed E-state index contributed by atoms with van der Waals surface area (Å²) in [6.45, 7) is 1.23. The summed E-state index contributed by atoms with van der Waals surface area (Å²) in [6, 6.07) is 0. The number of hydrogen-bond acceptors (Lipinski definition) is 2. The Kier molecular flexibility index (Phi) is 7.53. The molecule has 0 fully saturated rings. The predicted molar refractivity (Wildman–Crippen MR) is 38.1 cm³/mol. The molecule has 4 nitrogen and oxygen atoms in total. The van der Waals surface area contributed by atoms with Gasteiger partial charge in [0, 0.05) is 11.5 Å². The Morgan fingerprint density at radius 1 is 1.56 bits per heavy atom. The van der Waals surface area contributed by atoms with Gasteiger partial charge in [-0.05, 0) is 18.4 Å². The predicted octanol–water partition coefficient (Wildman–Crippen LogP) is 2.40. The van der Waals surface area contributed by atoms with Crippen molar-refractivity contribution in [2.75, 3.05) is 13.2 Å². The van der Waals surface area contributed by atoms with Crippen molar-refractivity contribution < 1.29 is 3.83 Å². The van der Waals surface area contributed by atoms with E-state index in [4.69, 9.17) is 5.53 Å². The zero-order valence-electron chi connectivity index (χ0n) is 4.96. The lowest BCUT2D eigenvalue weighted by atomic mass is 10.3. The number of halogens is 1. The van der Waals surface area contributed by atoms with Crippen molar-refractivity contribution in [2.45, 2.75) is 12.8 Å². The van der Waals surface area contributed by atoms with Crippen molar-refractivity contribution in [3.05, 3.63) is 10.4 Å². The molecule has 0 aliphatic rings. The van der Waals surface area contributed by atoms with Crippen LogP contribution in [0.2, 0.25) is 0 Å². The van der Waals surface area contributed by atoms with Crippen LogP contribution in [0.25, 0.3) is 10.4 Å². The van der Waals surface area contributed by atoms with E-state index in [0.29, 0.717) is 13.2 Å². The second-order valence-corrected chi connectivity index (χ2v) is 1.93. The molecule has 0 aliphatic carbocycles. The molecular weight excluding hydrogens is 186 g/mol. The monoisotopic (exact) mass is 193 g/mol. The molecule has 9 heavy (non-hydrogen) atoms. The fourth-order valence-electron chi connectivity index (χ4n) is 0.384. The van der Waals surface area contributed by atoms with Gasteiger partial charge in [0.1, 0.15) is 0 Å². The van der Waals surface area contributed by atoms with E-state index >= 15 is 0 Å². The first-order valence-electron chi connectivity index (χ1n) is 2.66. The van der Waals surface area contributed by atoms with E-state index in [1.807, 2.05) is 0 Å². The van der Waals surface area contributed by atoms with Crippen LogP contribution < -0.4 is 0 Å². The molecule has 0 radical (unpaired) electrons. The van der Waals surface area contributed by atoms with Crippen LogP contribution in [0.4, 0.5) is 0 Å². The maximum atomic E-state index is 7.84. The molecule has 0 saturated carbocycles. The summed E-state index contributed by atoms with van der Waals surface area (Å²) in [7, 11) is 0. The fourth-order valence-corrected chi connectivity index (χ4v) is 0.613. The third-order valence-electron chi connectivity index (χ3n) is 0.793. The van der Waals surface area contributed by atoms with Gasteiger partial charge in [0.15, 0.2) is 0 Å². The smallest absolute Gasteiger partial charge is 0.0987 e. The molecular formula is C4H8BrN3O. The summed E-state index contributed by atoms with van der Waals surface area (Å²) in [6.07, 6.45) is 1.81. The lowest BCUT2D eigenvalue weighted by molar-refractivity contribution is 0.381. The Morgan fingerprint density at radius 2 is 2.33 bits per heavy atom. The molecule has 0 spiro atoms. The van der Waals surface area contributed by atoms with Crippen LogP contribution in [0.1, 0.15) is 12.8 Å². The Labute approximate surface area is 62.3 Å². The zero-order chi connectivity index (χ0) is 6.95. The van der Waals surface area contributed by atoms with Crippen LogP contribution in [-0.4, -0.2) is 13.2 Å². The van der Waals surface area contributed by atoms with E-state index < -0.39 is 0 Å². The van der Waals surface area contributed by atoms with Gasteiger partial charge in [-0.15, -0.1) is 0 Å². The quantitative estimate of drug-likeness (QED) is 0.287. The molecule has 0 unspecified atom stereocenters. The van der Waals surface area contributed by atoms with Crippen LogP contribution >= 0.6 is 16.3 Å². The summed E-state index contributed by atoms with van der Waals surface area (Å²) >= 11 is 2.82. The van der Waals surface area contributed by atoms with Crippen molar-refractivity contribution in [1.82, 2.24) is 0 Å². The second kappa shape index (κ2) is 7.75. The number of hydrogen-bond donors (Lipinski definition) is 0. The van der Waals surface area contributed by atoms with Crippen LogP contribution in [-0.2, 0) is 3.83 Å². The molecule has 0 saturated heterocycles. The van der Waals surface area contributed by atoms with Gasteiger partial charge in [-0.1, -0.05) is 5.11 Å². The maximum absolute atomic E-state index is 7.84. The molecule has 5 heteroatoms. The van der Waals surface area contributed by atoms with E-state index in [-0.39, 0.29) is 0 Å². The highest BCUT2D eigenvalue weighted by atomic mass is 79.9. The molecule has 0 bridgehead atoms. The third kappa shape index (κ3) is 7.75. The topological polar surface area (TPSA) is 58.0 Å². The molecule has 0 aromatic rings. The fraction of sp³-hybridized carbons (Fsp3) is 1.00. The molecule has 0 aliphatic heterocycles. The van der Waals surface area contributed by atoms with Gasteiger partial charge >= 0.3 is 0 Å². The highest BCUT2D eigenvalue weighted by molar-refractivity contribution is 9.06. The third-order valence-corrected chi connectivity index (χ3v) is 1.12. The molecule has 0 aromatic heterocycles. The summed E-state index contributed by atoms with van der Waals surface area (Å²) in [5.74, 6) is 0. The number of rotatable bonds is 5. The Morgan fingerprint density at radius 3 is 2.89 bits per heavy atom. The first-order chi connectivity index (χ1) is 4.41. The van der Waals surface area contributed by atoms with Gasteiger partial charge in [-0.25, -0.2) is 0 Å². The molecule has 0 amide bonds. The normalized spacial score (nSPS) is 8.56. The van der Waals surface area contributed by atoms with E-state index in [1.54, 1.807) is 0 Å². The molecule has 0 rings (SSSR count). The molecule has 0 aromatic carbocycles. The summed E-state index contributed by atoms with van der Waals surface area (Å²) < 4.78 is 4.60. The molecule has 0 atom stereocenters. The van der Waals surface area contributed by atoms with Crippen LogP contribution in [0.15, 0.2) is 5.11 Å². The molecule has 52 valence electrons. The van der Waals surface area contributed by atoms with Crippen molar-refractivity contribution in [1.29, 1.82) is 0 Å². The summed E-state index contributed by atoms with van der Waals surface area (Å²) in [4.78, 5) is 2.61. The van der Waals surface area contributed by atoms with E-state index in [2.05, 4.69) is 30.1 Å². The number of nitrogens with zero attached hydrogens (tertiary/aromatic N) is 3. The lowest BCUT2D eigenvalue weighted by Crippen LogP contribution is -1.85. The SMILES string of the molecule is [N-]=[N+]=NCCCCOBr. The highest BCUT2D eigenvalue weighted by Crippen LogP contribution is 1.93. The Bertz CT molecular complexity index is 102. The minimum atomic E-state index is 0.562. The van der Waals surface area contributed by atoms with Gasteiger partial charge in [0.05, 0.1) is 22.9 Å². The maximum Gasteiger partial charge on any atom is 0.0987 e. The average Bonchev–Trinajstić information content (AvgIpc) is 1.89. The first-order valence-corrected chi connectivity index (χ1v) is 3.31. The van der Waals surface area contributed by atoms with Crippen molar-refractivity contribution in [3.8, 4) is 0 Å². The zero-order valence-corrected chi connectivity index (χ0v) is 6.54. The molecule has 0 heterocycles. The van der Waals surface area contributed by atoms with E-state index in [9.17, 15) is 0 Å². The Hall–Kier alpha value is -0.250. The number of azide groups is 1. The average molecular weight is 194 g/mol. The number of unbranched alkanes of at least 4 members (excludes halogenated alkanes) is 1. The van der Waals surface area contributed by atoms with Crippen molar-refractivity contribution in [2.24, 2.45) is 5.11 Å². The lowest BCUT2D eigenvalue weighted by Gasteiger charge is -1.91. The summed E-state index contributed by atoms with van der Waals surface area (Å²) in [5, 5.41) is 3.35. The largest absolute Gasteiger partial charge is 0.308 e. The summed E-state index contributed by atoms with van der Waals surface area (Å²) in [5.41, 5.74) is 7.84. The van der Waals surface area contributed by atoms with Gasteiger partial charge in [0.25, 0.3) is 0 Å². The standard InChI is InChI=1S/C4H8BrN3O/c5-9-4-2-1-3-7-8-6/h1-4H2.